The minimum absolute atomic E-state index is 0.0297. The molecule has 1 amide bonds. The molecule has 0 aromatic carbocycles. The third kappa shape index (κ3) is 3.56. The highest BCUT2D eigenvalue weighted by molar-refractivity contribution is 5.72. The molecule has 0 radical (unpaired) electrons. The molecule has 1 heterocycles. The second kappa shape index (κ2) is 5.86. The van der Waals surface area contributed by atoms with E-state index in [1.165, 1.54) is 12.5 Å². The normalized spacial score (nSPS) is 15.5. The average Bonchev–Trinajstić information content (AvgIpc) is 2.36. The van der Waals surface area contributed by atoms with Crippen molar-refractivity contribution in [2.24, 2.45) is 0 Å². The van der Waals surface area contributed by atoms with Crippen LogP contribution in [0.2, 0.25) is 0 Å². The standard InChI is InChI=1S/C13H21N5O/c1-8(7-15-9(2)19)16-12-10-5-3-4-6-11(10)17-13(14)18-12/h8H,3-7H2,1-2H3,(H,15,19)(H3,14,16,17,18)/t8-/m0/s1. The number of hydrogen-bond acceptors (Lipinski definition) is 5. The Kier molecular flexibility index (Phi) is 4.19. The fourth-order valence-electron chi connectivity index (χ4n) is 2.31. The maximum atomic E-state index is 10.9. The Hall–Kier alpha value is -1.85. The molecule has 0 saturated heterocycles. The maximum Gasteiger partial charge on any atom is 0.222 e. The molecular formula is C13H21N5O. The Morgan fingerprint density at radius 1 is 1.37 bits per heavy atom. The van der Waals surface area contributed by atoms with E-state index in [-0.39, 0.29) is 11.9 Å². The molecule has 0 aliphatic heterocycles. The van der Waals surface area contributed by atoms with Gasteiger partial charge in [-0.15, -0.1) is 0 Å². The molecule has 6 nitrogen and oxygen atoms in total. The lowest BCUT2D eigenvalue weighted by atomic mass is 9.96. The highest BCUT2D eigenvalue weighted by atomic mass is 16.1. The van der Waals surface area contributed by atoms with Gasteiger partial charge in [0.05, 0.1) is 5.69 Å². The number of nitrogen functional groups attached to an aromatic ring is 1. The van der Waals surface area contributed by atoms with Crippen LogP contribution in [0.3, 0.4) is 0 Å². The molecule has 1 aliphatic carbocycles. The topological polar surface area (TPSA) is 92.9 Å². The monoisotopic (exact) mass is 263 g/mol. The van der Waals surface area contributed by atoms with Crippen LogP contribution in [0.25, 0.3) is 0 Å². The number of nitrogens with two attached hydrogens (primary N) is 1. The van der Waals surface area contributed by atoms with Gasteiger partial charge < -0.3 is 16.4 Å². The summed E-state index contributed by atoms with van der Waals surface area (Å²) in [6.45, 7) is 4.08. The van der Waals surface area contributed by atoms with Crippen LogP contribution in [0.1, 0.15) is 37.9 Å². The van der Waals surface area contributed by atoms with Crippen molar-refractivity contribution in [1.82, 2.24) is 15.3 Å². The number of nitrogens with one attached hydrogen (secondary N) is 2. The largest absolute Gasteiger partial charge is 0.368 e. The molecule has 1 aliphatic rings. The van der Waals surface area contributed by atoms with Crippen molar-refractivity contribution in [3.8, 4) is 0 Å². The van der Waals surface area contributed by atoms with Crippen molar-refractivity contribution in [2.75, 3.05) is 17.6 Å². The quantitative estimate of drug-likeness (QED) is 0.749. The molecule has 0 fully saturated rings. The zero-order valence-corrected chi connectivity index (χ0v) is 11.5. The summed E-state index contributed by atoms with van der Waals surface area (Å²) in [5.41, 5.74) is 7.99. The predicted octanol–water partition coefficient (Wildman–Crippen LogP) is 0.874. The first kappa shape index (κ1) is 13.6. The molecule has 0 spiro atoms. The van der Waals surface area contributed by atoms with Crippen molar-refractivity contribution in [1.29, 1.82) is 0 Å². The SMILES string of the molecule is CC(=O)NC[C@H](C)Nc1nc(N)nc2c1CCCC2. The van der Waals surface area contributed by atoms with E-state index in [0.717, 1.165) is 37.2 Å². The van der Waals surface area contributed by atoms with Gasteiger partial charge in [-0.25, -0.2) is 4.98 Å². The van der Waals surface area contributed by atoms with Crippen molar-refractivity contribution >= 4 is 17.7 Å². The lowest BCUT2D eigenvalue weighted by Gasteiger charge is -2.21. The van der Waals surface area contributed by atoms with Gasteiger partial charge in [-0.2, -0.15) is 4.98 Å². The highest BCUT2D eigenvalue weighted by Gasteiger charge is 2.18. The molecule has 19 heavy (non-hydrogen) atoms. The van der Waals surface area contributed by atoms with Gasteiger partial charge in [0, 0.05) is 25.1 Å². The third-order valence-electron chi connectivity index (χ3n) is 3.24. The van der Waals surface area contributed by atoms with E-state index >= 15 is 0 Å². The summed E-state index contributed by atoms with van der Waals surface area (Å²) in [5, 5.41) is 6.10. The minimum atomic E-state index is -0.0297. The number of nitrogens with zero attached hydrogens (tertiary/aromatic N) is 2. The number of aryl methyl sites for hydroxylation is 1. The zero-order chi connectivity index (χ0) is 13.8. The van der Waals surface area contributed by atoms with E-state index in [0.29, 0.717) is 12.5 Å². The van der Waals surface area contributed by atoms with E-state index in [1.807, 2.05) is 6.92 Å². The summed E-state index contributed by atoms with van der Waals surface area (Å²) >= 11 is 0. The average molecular weight is 263 g/mol. The summed E-state index contributed by atoms with van der Waals surface area (Å²) in [5.74, 6) is 1.10. The van der Waals surface area contributed by atoms with Gasteiger partial charge in [-0.1, -0.05) is 0 Å². The highest BCUT2D eigenvalue weighted by Crippen LogP contribution is 2.26. The number of fused-ring (bicyclic) bond motifs is 1. The number of carbonyl (C=O) groups is 1. The first-order valence-electron chi connectivity index (χ1n) is 6.72. The Morgan fingerprint density at radius 3 is 2.84 bits per heavy atom. The number of amides is 1. The lowest BCUT2D eigenvalue weighted by Crippen LogP contribution is -2.34. The summed E-state index contributed by atoms with van der Waals surface area (Å²) in [6.07, 6.45) is 4.28. The van der Waals surface area contributed by atoms with Crippen molar-refractivity contribution in [2.45, 2.75) is 45.6 Å². The predicted molar refractivity (Wildman–Crippen MR) is 74.9 cm³/mol. The van der Waals surface area contributed by atoms with E-state index < -0.39 is 0 Å². The van der Waals surface area contributed by atoms with Crippen LogP contribution < -0.4 is 16.4 Å². The van der Waals surface area contributed by atoms with Gasteiger partial charge in [-0.3, -0.25) is 4.79 Å². The van der Waals surface area contributed by atoms with Gasteiger partial charge in [0.2, 0.25) is 11.9 Å². The van der Waals surface area contributed by atoms with Crippen LogP contribution in [0, 0.1) is 0 Å². The molecule has 104 valence electrons. The van der Waals surface area contributed by atoms with Crippen LogP contribution in [-0.2, 0) is 17.6 Å². The van der Waals surface area contributed by atoms with Crippen molar-refractivity contribution in [3.05, 3.63) is 11.3 Å². The van der Waals surface area contributed by atoms with Gasteiger partial charge >= 0.3 is 0 Å². The Bertz CT molecular complexity index is 474. The first-order chi connectivity index (χ1) is 9.06. The van der Waals surface area contributed by atoms with E-state index in [4.69, 9.17) is 5.73 Å². The number of hydrogen-bond donors (Lipinski definition) is 3. The van der Waals surface area contributed by atoms with Crippen LogP contribution in [0.15, 0.2) is 0 Å². The summed E-state index contributed by atoms with van der Waals surface area (Å²) in [7, 11) is 0. The van der Waals surface area contributed by atoms with Gasteiger partial charge in [0.15, 0.2) is 0 Å². The third-order valence-corrected chi connectivity index (χ3v) is 3.24. The van der Waals surface area contributed by atoms with Crippen molar-refractivity contribution in [3.63, 3.8) is 0 Å². The fourth-order valence-corrected chi connectivity index (χ4v) is 2.31. The Morgan fingerprint density at radius 2 is 2.11 bits per heavy atom. The fraction of sp³-hybridized carbons (Fsp3) is 0.615. The van der Waals surface area contributed by atoms with Crippen LogP contribution in [-0.4, -0.2) is 28.5 Å². The van der Waals surface area contributed by atoms with Crippen LogP contribution in [0.4, 0.5) is 11.8 Å². The van der Waals surface area contributed by atoms with E-state index in [1.54, 1.807) is 0 Å². The van der Waals surface area contributed by atoms with Crippen LogP contribution >= 0.6 is 0 Å². The smallest absolute Gasteiger partial charge is 0.222 e. The second-order valence-electron chi connectivity index (χ2n) is 5.05. The second-order valence-corrected chi connectivity index (χ2v) is 5.05. The number of anilines is 2. The number of aromatic nitrogens is 2. The molecule has 6 heteroatoms. The van der Waals surface area contributed by atoms with Crippen molar-refractivity contribution < 1.29 is 4.79 Å². The summed E-state index contributed by atoms with van der Waals surface area (Å²) in [6, 6.07) is 0.101. The minimum Gasteiger partial charge on any atom is -0.368 e. The van der Waals surface area contributed by atoms with Crippen LogP contribution in [0.5, 0.6) is 0 Å². The summed E-state index contributed by atoms with van der Waals surface area (Å²) < 4.78 is 0. The molecule has 0 unspecified atom stereocenters. The number of carbonyl (C=O) groups excluding carboxylic acids is 1. The maximum absolute atomic E-state index is 10.9. The lowest BCUT2D eigenvalue weighted by molar-refractivity contribution is -0.118. The molecule has 2 rings (SSSR count). The van der Waals surface area contributed by atoms with E-state index in [9.17, 15) is 4.79 Å². The number of rotatable bonds is 4. The zero-order valence-electron chi connectivity index (χ0n) is 11.5. The molecule has 1 atom stereocenters. The van der Waals surface area contributed by atoms with Gasteiger partial charge in [-0.05, 0) is 32.6 Å². The molecule has 4 N–H and O–H groups in total. The van der Waals surface area contributed by atoms with Gasteiger partial charge in [0.1, 0.15) is 5.82 Å². The molecule has 0 saturated carbocycles. The summed E-state index contributed by atoms with van der Waals surface area (Å²) in [4.78, 5) is 19.5. The Labute approximate surface area is 113 Å². The molecule has 0 bridgehead atoms. The first-order valence-corrected chi connectivity index (χ1v) is 6.72. The molecule has 1 aromatic heterocycles. The van der Waals surface area contributed by atoms with E-state index in [2.05, 4.69) is 20.6 Å². The Balaban J connectivity index is 2.11. The molecule has 1 aromatic rings. The molecular weight excluding hydrogens is 242 g/mol. The van der Waals surface area contributed by atoms with Gasteiger partial charge in [0.25, 0.3) is 0 Å².